The SMILES string of the molecule is COc1ccc(CNC(=O)CNC2(CO)CCc3ccccc32)cc1. The Balaban J connectivity index is 1.54. The highest BCUT2D eigenvalue weighted by molar-refractivity contribution is 5.78. The summed E-state index contributed by atoms with van der Waals surface area (Å²) in [5, 5.41) is 16.1. The number of carbonyl (C=O) groups is 1. The number of methoxy groups -OCH3 is 1. The highest BCUT2D eigenvalue weighted by atomic mass is 16.5. The fourth-order valence-corrected chi connectivity index (χ4v) is 3.35. The molecular weight excluding hydrogens is 316 g/mol. The summed E-state index contributed by atoms with van der Waals surface area (Å²) < 4.78 is 5.12. The topological polar surface area (TPSA) is 70.6 Å². The summed E-state index contributed by atoms with van der Waals surface area (Å²) in [6.45, 7) is 0.619. The molecule has 3 N–H and O–H groups in total. The van der Waals surface area contributed by atoms with Crippen LogP contribution in [0.2, 0.25) is 0 Å². The summed E-state index contributed by atoms with van der Waals surface area (Å²) in [6.07, 6.45) is 1.71. The van der Waals surface area contributed by atoms with Crippen LogP contribution in [0.5, 0.6) is 5.75 Å². The van der Waals surface area contributed by atoms with Gasteiger partial charge in [-0.05, 0) is 41.7 Å². The van der Waals surface area contributed by atoms with Gasteiger partial charge in [0.2, 0.25) is 5.91 Å². The van der Waals surface area contributed by atoms with Crippen LogP contribution >= 0.6 is 0 Å². The minimum atomic E-state index is -0.520. The summed E-state index contributed by atoms with van der Waals surface area (Å²) in [5.74, 6) is 0.703. The molecule has 5 heteroatoms. The van der Waals surface area contributed by atoms with Gasteiger partial charge < -0.3 is 15.2 Å². The fourth-order valence-electron chi connectivity index (χ4n) is 3.35. The number of nitrogens with one attached hydrogen (secondary N) is 2. The molecule has 0 fully saturated rings. The first-order chi connectivity index (χ1) is 12.2. The maximum Gasteiger partial charge on any atom is 0.234 e. The van der Waals surface area contributed by atoms with E-state index in [-0.39, 0.29) is 19.1 Å². The van der Waals surface area contributed by atoms with Crippen molar-refractivity contribution in [3.8, 4) is 5.75 Å². The number of fused-ring (bicyclic) bond motifs is 1. The van der Waals surface area contributed by atoms with E-state index in [1.165, 1.54) is 5.56 Å². The molecule has 3 rings (SSSR count). The van der Waals surface area contributed by atoms with Crippen LogP contribution in [-0.2, 0) is 23.3 Å². The van der Waals surface area contributed by atoms with E-state index in [9.17, 15) is 9.90 Å². The van der Waals surface area contributed by atoms with Crippen molar-refractivity contribution in [2.45, 2.75) is 24.9 Å². The molecule has 0 spiro atoms. The molecule has 1 atom stereocenters. The summed E-state index contributed by atoms with van der Waals surface area (Å²) >= 11 is 0. The summed E-state index contributed by atoms with van der Waals surface area (Å²) in [7, 11) is 1.63. The molecule has 5 nitrogen and oxygen atoms in total. The highest BCUT2D eigenvalue weighted by Gasteiger charge is 2.37. The number of hydrogen-bond donors (Lipinski definition) is 3. The molecule has 1 unspecified atom stereocenters. The molecule has 0 bridgehead atoms. The van der Waals surface area contributed by atoms with E-state index < -0.39 is 5.54 Å². The number of benzene rings is 2. The maximum absolute atomic E-state index is 12.2. The van der Waals surface area contributed by atoms with Crippen LogP contribution in [0.4, 0.5) is 0 Å². The van der Waals surface area contributed by atoms with Gasteiger partial charge in [-0.25, -0.2) is 0 Å². The largest absolute Gasteiger partial charge is 0.497 e. The molecule has 25 heavy (non-hydrogen) atoms. The van der Waals surface area contributed by atoms with Gasteiger partial charge in [0.15, 0.2) is 0 Å². The highest BCUT2D eigenvalue weighted by Crippen LogP contribution is 2.36. The molecule has 2 aromatic rings. The van der Waals surface area contributed by atoms with Crippen LogP contribution < -0.4 is 15.4 Å². The van der Waals surface area contributed by atoms with Gasteiger partial charge in [-0.2, -0.15) is 0 Å². The molecule has 1 aliphatic rings. The van der Waals surface area contributed by atoms with Crippen molar-refractivity contribution in [3.63, 3.8) is 0 Å². The smallest absolute Gasteiger partial charge is 0.234 e. The maximum atomic E-state index is 12.2. The third kappa shape index (κ3) is 3.83. The van der Waals surface area contributed by atoms with Gasteiger partial charge in [-0.3, -0.25) is 10.1 Å². The van der Waals surface area contributed by atoms with Crippen molar-refractivity contribution in [2.24, 2.45) is 0 Å². The van der Waals surface area contributed by atoms with Crippen LogP contribution in [0.3, 0.4) is 0 Å². The van der Waals surface area contributed by atoms with Gasteiger partial charge in [0.1, 0.15) is 5.75 Å². The molecule has 132 valence electrons. The zero-order chi connectivity index (χ0) is 17.7. The first kappa shape index (κ1) is 17.5. The van der Waals surface area contributed by atoms with E-state index in [0.717, 1.165) is 29.7 Å². The van der Waals surface area contributed by atoms with Crippen molar-refractivity contribution in [2.75, 3.05) is 20.3 Å². The van der Waals surface area contributed by atoms with E-state index in [0.29, 0.717) is 6.54 Å². The molecular formula is C20H24N2O3. The number of aliphatic hydroxyl groups is 1. The van der Waals surface area contributed by atoms with Crippen molar-refractivity contribution in [3.05, 3.63) is 65.2 Å². The second kappa shape index (κ2) is 7.68. The lowest BCUT2D eigenvalue weighted by Crippen LogP contribution is -2.48. The van der Waals surface area contributed by atoms with E-state index in [1.54, 1.807) is 7.11 Å². The van der Waals surface area contributed by atoms with Crippen molar-refractivity contribution >= 4 is 5.91 Å². The lowest BCUT2D eigenvalue weighted by Gasteiger charge is -2.29. The second-order valence-corrected chi connectivity index (χ2v) is 6.38. The zero-order valence-electron chi connectivity index (χ0n) is 14.4. The Kier molecular flexibility index (Phi) is 5.36. The van der Waals surface area contributed by atoms with Crippen molar-refractivity contribution in [1.82, 2.24) is 10.6 Å². The number of ether oxygens (including phenoxy) is 1. The third-order valence-corrected chi connectivity index (χ3v) is 4.86. The number of hydrogen-bond acceptors (Lipinski definition) is 4. The molecule has 2 aromatic carbocycles. The molecule has 0 saturated carbocycles. The molecule has 1 amide bonds. The average Bonchev–Trinajstić information content (AvgIpc) is 3.04. The fraction of sp³-hybridized carbons (Fsp3) is 0.350. The predicted octanol–water partition coefficient (Wildman–Crippen LogP) is 1.73. The molecule has 0 aliphatic heterocycles. The monoisotopic (exact) mass is 340 g/mol. The molecule has 0 saturated heterocycles. The van der Waals surface area contributed by atoms with Gasteiger partial charge in [0.25, 0.3) is 0 Å². The second-order valence-electron chi connectivity index (χ2n) is 6.38. The first-order valence-corrected chi connectivity index (χ1v) is 8.51. The number of aliphatic hydroxyl groups excluding tert-OH is 1. The Bertz CT molecular complexity index is 730. The molecule has 0 heterocycles. The number of carbonyl (C=O) groups excluding carboxylic acids is 1. The summed E-state index contributed by atoms with van der Waals surface area (Å²) in [5.41, 5.74) is 2.83. The Morgan fingerprint density at radius 2 is 1.96 bits per heavy atom. The molecule has 0 aromatic heterocycles. The third-order valence-electron chi connectivity index (χ3n) is 4.86. The number of aryl methyl sites for hydroxylation is 1. The van der Waals surface area contributed by atoms with E-state index >= 15 is 0 Å². The summed E-state index contributed by atoms with van der Waals surface area (Å²) in [6, 6.07) is 15.7. The van der Waals surface area contributed by atoms with Crippen LogP contribution in [0, 0.1) is 0 Å². The molecule has 0 radical (unpaired) electrons. The van der Waals surface area contributed by atoms with Crippen LogP contribution in [0.1, 0.15) is 23.1 Å². The van der Waals surface area contributed by atoms with Gasteiger partial charge >= 0.3 is 0 Å². The zero-order valence-corrected chi connectivity index (χ0v) is 14.4. The van der Waals surface area contributed by atoms with Crippen molar-refractivity contribution in [1.29, 1.82) is 0 Å². The number of rotatable bonds is 7. The Morgan fingerprint density at radius 1 is 1.20 bits per heavy atom. The van der Waals surface area contributed by atoms with Gasteiger partial charge in [0.05, 0.1) is 25.8 Å². The van der Waals surface area contributed by atoms with Gasteiger partial charge in [-0.15, -0.1) is 0 Å². The first-order valence-electron chi connectivity index (χ1n) is 8.51. The minimum absolute atomic E-state index is 0.0181. The standard InChI is InChI=1S/C20H24N2O3/c1-25-17-8-6-15(7-9-17)12-21-19(24)13-22-20(14-23)11-10-16-4-2-3-5-18(16)20/h2-9,22-23H,10-14H2,1H3,(H,21,24). The molecule has 1 aliphatic carbocycles. The Labute approximate surface area is 148 Å². The Morgan fingerprint density at radius 3 is 2.68 bits per heavy atom. The van der Waals surface area contributed by atoms with E-state index in [1.807, 2.05) is 42.5 Å². The van der Waals surface area contributed by atoms with Crippen LogP contribution in [-0.4, -0.2) is 31.3 Å². The quantitative estimate of drug-likeness (QED) is 0.718. The van der Waals surface area contributed by atoms with E-state index in [4.69, 9.17) is 4.74 Å². The van der Waals surface area contributed by atoms with Crippen LogP contribution in [0.15, 0.2) is 48.5 Å². The predicted molar refractivity (Wildman–Crippen MR) is 96.4 cm³/mol. The normalized spacial score (nSPS) is 18.6. The number of amides is 1. The van der Waals surface area contributed by atoms with E-state index in [2.05, 4.69) is 16.7 Å². The average molecular weight is 340 g/mol. The lowest BCUT2D eigenvalue weighted by atomic mass is 9.92. The van der Waals surface area contributed by atoms with Gasteiger partial charge in [0, 0.05) is 6.54 Å². The van der Waals surface area contributed by atoms with Crippen molar-refractivity contribution < 1.29 is 14.6 Å². The van der Waals surface area contributed by atoms with Gasteiger partial charge in [-0.1, -0.05) is 36.4 Å². The van der Waals surface area contributed by atoms with Crippen LogP contribution in [0.25, 0.3) is 0 Å². The minimum Gasteiger partial charge on any atom is -0.497 e. The summed E-state index contributed by atoms with van der Waals surface area (Å²) in [4.78, 5) is 12.2. The lowest BCUT2D eigenvalue weighted by molar-refractivity contribution is -0.120. The Hall–Kier alpha value is -2.37.